The summed E-state index contributed by atoms with van der Waals surface area (Å²) in [6, 6.07) is 9.34. The first kappa shape index (κ1) is 14.8. The Morgan fingerprint density at radius 1 is 1.27 bits per heavy atom. The summed E-state index contributed by atoms with van der Waals surface area (Å²) >= 11 is 1.57. The molecule has 4 nitrogen and oxygen atoms in total. The highest BCUT2D eigenvalue weighted by atomic mass is 32.2. The second-order valence-corrected chi connectivity index (χ2v) is 5.81. The summed E-state index contributed by atoms with van der Waals surface area (Å²) in [5.41, 5.74) is 2.96. The van der Waals surface area contributed by atoms with Gasteiger partial charge in [0.15, 0.2) is 11.4 Å². The zero-order valence-electron chi connectivity index (χ0n) is 12.8. The van der Waals surface area contributed by atoms with E-state index in [1.54, 1.807) is 18.0 Å². The van der Waals surface area contributed by atoms with Gasteiger partial charge in [-0.05, 0) is 20.1 Å². The molecule has 0 unspecified atom stereocenters. The van der Waals surface area contributed by atoms with E-state index >= 15 is 0 Å². The molecule has 2 aromatic heterocycles. The SMILES string of the molecule is CCn1ncc2c(SC)c(C(=O)c3ccccc3)c(C)nc21. The molecule has 0 aliphatic rings. The van der Waals surface area contributed by atoms with Crippen molar-refractivity contribution in [2.24, 2.45) is 0 Å². The zero-order valence-corrected chi connectivity index (χ0v) is 13.6. The molecule has 2 heterocycles. The molecule has 0 N–H and O–H groups in total. The van der Waals surface area contributed by atoms with Crippen LogP contribution in [0.25, 0.3) is 11.0 Å². The lowest BCUT2D eigenvalue weighted by molar-refractivity contribution is 0.103. The van der Waals surface area contributed by atoms with E-state index < -0.39 is 0 Å². The van der Waals surface area contributed by atoms with Gasteiger partial charge in [0.1, 0.15) is 0 Å². The fourth-order valence-corrected chi connectivity index (χ4v) is 3.42. The molecule has 5 heteroatoms. The molecule has 1 aromatic carbocycles. The molecule has 0 atom stereocenters. The van der Waals surface area contributed by atoms with Crippen molar-refractivity contribution >= 4 is 28.6 Å². The van der Waals surface area contributed by atoms with Crippen molar-refractivity contribution < 1.29 is 4.79 Å². The lowest BCUT2D eigenvalue weighted by atomic mass is 10.0. The molecule has 0 saturated heterocycles. The molecular formula is C17H17N3OS. The number of carbonyl (C=O) groups is 1. The van der Waals surface area contributed by atoms with Gasteiger partial charge in [-0.1, -0.05) is 30.3 Å². The maximum absolute atomic E-state index is 12.9. The summed E-state index contributed by atoms with van der Waals surface area (Å²) in [5, 5.41) is 5.31. The maximum atomic E-state index is 12.9. The molecule has 0 aliphatic heterocycles. The smallest absolute Gasteiger partial charge is 0.196 e. The van der Waals surface area contributed by atoms with E-state index in [1.807, 2.05) is 55.1 Å². The van der Waals surface area contributed by atoms with E-state index in [-0.39, 0.29) is 5.78 Å². The van der Waals surface area contributed by atoms with Gasteiger partial charge in [0.25, 0.3) is 0 Å². The summed E-state index contributed by atoms with van der Waals surface area (Å²) in [5.74, 6) is 0.0149. The van der Waals surface area contributed by atoms with Crippen LogP contribution in [-0.4, -0.2) is 26.8 Å². The van der Waals surface area contributed by atoms with E-state index in [4.69, 9.17) is 0 Å². The highest BCUT2D eigenvalue weighted by Crippen LogP contribution is 2.32. The number of hydrogen-bond acceptors (Lipinski definition) is 4. The Kier molecular flexibility index (Phi) is 3.98. The van der Waals surface area contributed by atoms with Crippen molar-refractivity contribution in [1.82, 2.24) is 14.8 Å². The molecule has 0 saturated carbocycles. The molecule has 0 spiro atoms. The van der Waals surface area contributed by atoms with Gasteiger partial charge in [-0.25, -0.2) is 9.67 Å². The lowest BCUT2D eigenvalue weighted by Crippen LogP contribution is -2.08. The largest absolute Gasteiger partial charge is 0.288 e. The number of rotatable bonds is 4. The number of aromatic nitrogens is 3. The normalized spacial score (nSPS) is 11.0. The van der Waals surface area contributed by atoms with Gasteiger partial charge in [-0.15, -0.1) is 11.8 Å². The quantitative estimate of drug-likeness (QED) is 0.544. The van der Waals surface area contributed by atoms with Crippen LogP contribution >= 0.6 is 11.8 Å². The number of nitrogens with zero attached hydrogens (tertiary/aromatic N) is 3. The number of carbonyl (C=O) groups excluding carboxylic acids is 1. The molecular weight excluding hydrogens is 294 g/mol. The van der Waals surface area contributed by atoms with E-state index in [9.17, 15) is 4.79 Å². The molecule has 0 bridgehead atoms. The Morgan fingerprint density at radius 2 is 2.00 bits per heavy atom. The van der Waals surface area contributed by atoms with Gasteiger partial charge in [-0.2, -0.15) is 5.10 Å². The molecule has 112 valence electrons. The molecule has 0 aliphatic carbocycles. The monoisotopic (exact) mass is 311 g/mol. The summed E-state index contributed by atoms with van der Waals surface area (Å²) < 4.78 is 1.86. The maximum Gasteiger partial charge on any atom is 0.196 e. The van der Waals surface area contributed by atoms with Crippen molar-refractivity contribution in [3.8, 4) is 0 Å². The molecule has 22 heavy (non-hydrogen) atoms. The Labute approximate surface area is 133 Å². The fraction of sp³-hybridized carbons (Fsp3) is 0.235. The van der Waals surface area contributed by atoms with E-state index in [2.05, 4.69) is 10.1 Å². The van der Waals surface area contributed by atoms with Crippen molar-refractivity contribution in [1.29, 1.82) is 0 Å². The Hall–Kier alpha value is -2.14. The van der Waals surface area contributed by atoms with Crippen LogP contribution in [-0.2, 0) is 6.54 Å². The minimum atomic E-state index is 0.0149. The minimum absolute atomic E-state index is 0.0149. The summed E-state index contributed by atoms with van der Waals surface area (Å²) in [6.45, 7) is 4.68. The fourth-order valence-electron chi connectivity index (χ4n) is 2.62. The van der Waals surface area contributed by atoms with Crippen LogP contribution in [0, 0.1) is 6.92 Å². The highest BCUT2D eigenvalue weighted by molar-refractivity contribution is 7.99. The number of ketones is 1. The predicted octanol–water partition coefficient (Wildman–Crippen LogP) is 3.71. The lowest BCUT2D eigenvalue weighted by Gasteiger charge is -2.11. The molecule has 0 radical (unpaired) electrons. The van der Waals surface area contributed by atoms with Gasteiger partial charge in [0.05, 0.1) is 22.8 Å². The topological polar surface area (TPSA) is 47.8 Å². The minimum Gasteiger partial charge on any atom is -0.288 e. The summed E-state index contributed by atoms with van der Waals surface area (Å²) in [6.07, 6.45) is 3.79. The number of fused-ring (bicyclic) bond motifs is 1. The van der Waals surface area contributed by atoms with Gasteiger partial charge in [-0.3, -0.25) is 4.79 Å². The Bertz CT molecular complexity index is 840. The third-order valence-corrected chi connectivity index (χ3v) is 4.52. The second-order valence-electron chi connectivity index (χ2n) is 5.00. The standard InChI is InChI=1S/C17H17N3OS/c1-4-20-17-13(10-18-20)16(22-3)14(11(2)19-17)15(21)12-8-6-5-7-9-12/h5-10H,4H2,1-3H3. The molecule has 0 amide bonds. The van der Waals surface area contributed by atoms with Crippen LogP contribution in [0.4, 0.5) is 0 Å². The van der Waals surface area contributed by atoms with Crippen molar-refractivity contribution in [3.05, 3.63) is 53.3 Å². The van der Waals surface area contributed by atoms with Crippen LogP contribution in [0.2, 0.25) is 0 Å². The first-order valence-electron chi connectivity index (χ1n) is 7.17. The van der Waals surface area contributed by atoms with E-state index in [1.165, 1.54) is 0 Å². The first-order chi connectivity index (χ1) is 10.7. The van der Waals surface area contributed by atoms with E-state index in [0.29, 0.717) is 11.1 Å². The third-order valence-electron chi connectivity index (χ3n) is 3.69. The predicted molar refractivity (Wildman–Crippen MR) is 89.6 cm³/mol. The average molecular weight is 311 g/mol. The number of hydrogen-bond donors (Lipinski definition) is 0. The van der Waals surface area contributed by atoms with Crippen LogP contribution in [0.15, 0.2) is 41.4 Å². The van der Waals surface area contributed by atoms with Gasteiger partial charge in [0.2, 0.25) is 0 Å². The molecule has 3 rings (SSSR count). The van der Waals surface area contributed by atoms with Crippen molar-refractivity contribution in [3.63, 3.8) is 0 Å². The molecule has 0 fully saturated rings. The van der Waals surface area contributed by atoms with Crippen LogP contribution < -0.4 is 0 Å². The average Bonchev–Trinajstić information content (AvgIpc) is 2.96. The Balaban J connectivity index is 2.25. The van der Waals surface area contributed by atoms with Crippen LogP contribution in [0.3, 0.4) is 0 Å². The summed E-state index contributed by atoms with van der Waals surface area (Å²) in [4.78, 5) is 18.5. The van der Waals surface area contributed by atoms with Gasteiger partial charge in [0, 0.05) is 17.0 Å². The number of aryl methyl sites for hydroxylation is 2. The molecule has 3 aromatic rings. The summed E-state index contributed by atoms with van der Waals surface area (Å²) in [7, 11) is 0. The van der Waals surface area contributed by atoms with Crippen molar-refractivity contribution in [2.45, 2.75) is 25.3 Å². The van der Waals surface area contributed by atoms with Gasteiger partial charge < -0.3 is 0 Å². The zero-order chi connectivity index (χ0) is 15.7. The number of pyridine rings is 1. The van der Waals surface area contributed by atoms with E-state index in [0.717, 1.165) is 28.2 Å². The van der Waals surface area contributed by atoms with Gasteiger partial charge >= 0.3 is 0 Å². The van der Waals surface area contributed by atoms with Crippen LogP contribution in [0.5, 0.6) is 0 Å². The van der Waals surface area contributed by atoms with Crippen LogP contribution in [0.1, 0.15) is 28.5 Å². The second kappa shape index (κ2) is 5.93. The van der Waals surface area contributed by atoms with Crippen molar-refractivity contribution in [2.75, 3.05) is 6.26 Å². The number of thioether (sulfide) groups is 1. The third kappa shape index (κ3) is 2.31. The first-order valence-corrected chi connectivity index (χ1v) is 8.39. The number of benzene rings is 1. The Morgan fingerprint density at radius 3 is 2.64 bits per heavy atom. The highest BCUT2D eigenvalue weighted by Gasteiger charge is 2.21.